The van der Waals surface area contributed by atoms with Crippen LogP contribution in [0.5, 0.6) is 0 Å². The van der Waals surface area contributed by atoms with E-state index in [4.69, 9.17) is 4.74 Å². The molecule has 1 atom stereocenters. The highest BCUT2D eigenvalue weighted by atomic mass is 16.5. The Morgan fingerprint density at radius 2 is 2.15 bits per heavy atom. The van der Waals surface area contributed by atoms with Crippen LogP contribution in [0.3, 0.4) is 0 Å². The molecule has 0 aromatic rings. The number of rotatable bonds is 3. The minimum atomic E-state index is 0.259. The molecule has 1 heterocycles. The van der Waals surface area contributed by atoms with Crippen LogP contribution in [0.2, 0.25) is 0 Å². The van der Waals surface area contributed by atoms with Crippen molar-refractivity contribution < 1.29 is 4.74 Å². The van der Waals surface area contributed by atoms with Crippen LogP contribution in [0.1, 0.15) is 40.0 Å². The fourth-order valence-electron chi connectivity index (χ4n) is 1.69. The molecular formula is C11H23NO. The summed E-state index contributed by atoms with van der Waals surface area (Å²) in [7, 11) is 0. The fourth-order valence-corrected chi connectivity index (χ4v) is 1.69. The van der Waals surface area contributed by atoms with Crippen LogP contribution in [0, 0.1) is 5.92 Å². The van der Waals surface area contributed by atoms with Crippen molar-refractivity contribution in [3.63, 3.8) is 0 Å². The molecule has 1 rings (SSSR count). The molecule has 0 unspecified atom stereocenters. The maximum absolute atomic E-state index is 5.44. The molecule has 13 heavy (non-hydrogen) atoms. The molecule has 78 valence electrons. The number of nitrogens with one attached hydrogen (secondary N) is 1. The summed E-state index contributed by atoms with van der Waals surface area (Å²) in [6.07, 6.45) is 3.86. The molecule has 1 fully saturated rings. The zero-order chi connectivity index (χ0) is 9.73. The standard InChI is InChI=1S/C11H23NO/c1-11(2,3)12-7-6-10-5-4-8-13-9-10/h10,12H,4-9H2,1-3H3/t10-/m1/s1. The van der Waals surface area contributed by atoms with E-state index in [9.17, 15) is 0 Å². The zero-order valence-electron chi connectivity index (χ0n) is 9.23. The minimum absolute atomic E-state index is 0.259. The van der Waals surface area contributed by atoms with Crippen molar-refractivity contribution in [3.8, 4) is 0 Å². The fraction of sp³-hybridized carbons (Fsp3) is 1.00. The first-order chi connectivity index (χ1) is 6.08. The average Bonchev–Trinajstić information content (AvgIpc) is 2.04. The Bertz CT molecular complexity index is 134. The summed E-state index contributed by atoms with van der Waals surface area (Å²) in [6.45, 7) is 9.71. The van der Waals surface area contributed by atoms with Crippen LogP contribution in [-0.2, 0) is 4.74 Å². The van der Waals surface area contributed by atoms with Crippen molar-refractivity contribution in [1.82, 2.24) is 5.32 Å². The van der Waals surface area contributed by atoms with Gasteiger partial charge in [-0.25, -0.2) is 0 Å². The molecule has 2 heteroatoms. The van der Waals surface area contributed by atoms with E-state index in [2.05, 4.69) is 26.1 Å². The lowest BCUT2D eigenvalue weighted by Gasteiger charge is -2.25. The van der Waals surface area contributed by atoms with Crippen molar-refractivity contribution in [2.24, 2.45) is 5.92 Å². The van der Waals surface area contributed by atoms with Crippen molar-refractivity contribution >= 4 is 0 Å². The van der Waals surface area contributed by atoms with E-state index in [1.165, 1.54) is 19.3 Å². The molecule has 0 spiro atoms. The van der Waals surface area contributed by atoms with E-state index in [1.807, 2.05) is 0 Å². The van der Waals surface area contributed by atoms with Gasteiger partial charge in [0, 0.05) is 18.8 Å². The highest BCUT2D eigenvalue weighted by Gasteiger charge is 2.14. The first-order valence-corrected chi connectivity index (χ1v) is 5.41. The summed E-state index contributed by atoms with van der Waals surface area (Å²) in [4.78, 5) is 0. The Labute approximate surface area is 82.0 Å². The second-order valence-electron chi connectivity index (χ2n) is 5.05. The summed E-state index contributed by atoms with van der Waals surface area (Å²) in [6, 6.07) is 0. The molecular weight excluding hydrogens is 162 g/mol. The third-order valence-corrected chi connectivity index (χ3v) is 2.46. The quantitative estimate of drug-likeness (QED) is 0.727. The second-order valence-corrected chi connectivity index (χ2v) is 5.05. The van der Waals surface area contributed by atoms with Crippen molar-refractivity contribution in [1.29, 1.82) is 0 Å². The van der Waals surface area contributed by atoms with Gasteiger partial charge in [-0.2, -0.15) is 0 Å². The first kappa shape index (κ1) is 11.0. The van der Waals surface area contributed by atoms with E-state index in [-0.39, 0.29) is 5.54 Å². The zero-order valence-corrected chi connectivity index (χ0v) is 9.23. The molecule has 1 aliphatic rings. The van der Waals surface area contributed by atoms with Crippen LogP contribution in [-0.4, -0.2) is 25.3 Å². The molecule has 1 N–H and O–H groups in total. The molecule has 2 nitrogen and oxygen atoms in total. The lowest BCUT2D eigenvalue weighted by Crippen LogP contribution is -2.37. The van der Waals surface area contributed by atoms with Gasteiger partial charge in [-0.05, 0) is 52.5 Å². The summed E-state index contributed by atoms with van der Waals surface area (Å²) >= 11 is 0. The molecule has 0 radical (unpaired) electrons. The van der Waals surface area contributed by atoms with Gasteiger partial charge in [0.1, 0.15) is 0 Å². The number of hydrogen-bond acceptors (Lipinski definition) is 2. The van der Waals surface area contributed by atoms with Crippen LogP contribution < -0.4 is 5.32 Å². The largest absolute Gasteiger partial charge is 0.381 e. The van der Waals surface area contributed by atoms with Gasteiger partial charge >= 0.3 is 0 Å². The Morgan fingerprint density at radius 1 is 1.38 bits per heavy atom. The predicted octanol–water partition coefficient (Wildman–Crippen LogP) is 2.19. The van der Waals surface area contributed by atoms with E-state index in [0.29, 0.717) is 0 Å². The Hall–Kier alpha value is -0.0800. The lowest BCUT2D eigenvalue weighted by atomic mass is 9.98. The number of ether oxygens (including phenoxy) is 1. The van der Waals surface area contributed by atoms with Crippen molar-refractivity contribution in [2.45, 2.75) is 45.6 Å². The minimum Gasteiger partial charge on any atom is -0.381 e. The molecule has 0 aliphatic carbocycles. The summed E-state index contributed by atoms with van der Waals surface area (Å²) < 4.78 is 5.44. The topological polar surface area (TPSA) is 21.3 Å². The third kappa shape index (κ3) is 5.27. The maximum atomic E-state index is 5.44. The van der Waals surface area contributed by atoms with Gasteiger partial charge in [-0.1, -0.05) is 0 Å². The van der Waals surface area contributed by atoms with Gasteiger partial charge in [0.05, 0.1) is 0 Å². The van der Waals surface area contributed by atoms with Gasteiger partial charge in [-0.15, -0.1) is 0 Å². The maximum Gasteiger partial charge on any atom is 0.0494 e. The third-order valence-electron chi connectivity index (χ3n) is 2.46. The summed E-state index contributed by atoms with van der Waals surface area (Å²) in [5.74, 6) is 0.795. The highest BCUT2D eigenvalue weighted by molar-refractivity contribution is 4.72. The van der Waals surface area contributed by atoms with Gasteiger partial charge in [0.25, 0.3) is 0 Å². The van der Waals surface area contributed by atoms with Gasteiger partial charge in [0.15, 0.2) is 0 Å². The van der Waals surface area contributed by atoms with Gasteiger partial charge in [0.2, 0.25) is 0 Å². The van der Waals surface area contributed by atoms with E-state index < -0.39 is 0 Å². The monoisotopic (exact) mass is 185 g/mol. The highest BCUT2D eigenvalue weighted by Crippen LogP contribution is 2.16. The lowest BCUT2D eigenvalue weighted by molar-refractivity contribution is 0.0512. The molecule has 0 amide bonds. The molecule has 1 aliphatic heterocycles. The normalized spacial score (nSPS) is 24.7. The Morgan fingerprint density at radius 3 is 2.69 bits per heavy atom. The SMILES string of the molecule is CC(C)(C)NCC[C@H]1CCCOC1. The van der Waals surface area contributed by atoms with Gasteiger partial charge < -0.3 is 10.1 Å². The van der Waals surface area contributed by atoms with Crippen molar-refractivity contribution in [3.05, 3.63) is 0 Å². The van der Waals surface area contributed by atoms with Crippen molar-refractivity contribution in [2.75, 3.05) is 19.8 Å². The first-order valence-electron chi connectivity index (χ1n) is 5.41. The van der Waals surface area contributed by atoms with Gasteiger partial charge in [-0.3, -0.25) is 0 Å². The van der Waals surface area contributed by atoms with Crippen LogP contribution in [0.25, 0.3) is 0 Å². The van der Waals surface area contributed by atoms with Crippen LogP contribution >= 0.6 is 0 Å². The predicted molar refractivity (Wildman–Crippen MR) is 55.9 cm³/mol. The summed E-state index contributed by atoms with van der Waals surface area (Å²) in [5, 5.41) is 3.51. The van der Waals surface area contributed by atoms with E-state index in [0.717, 1.165) is 25.7 Å². The van der Waals surface area contributed by atoms with Crippen LogP contribution in [0.4, 0.5) is 0 Å². The second kappa shape index (κ2) is 4.97. The van der Waals surface area contributed by atoms with E-state index >= 15 is 0 Å². The summed E-state index contributed by atoms with van der Waals surface area (Å²) in [5.41, 5.74) is 0.259. The average molecular weight is 185 g/mol. The smallest absolute Gasteiger partial charge is 0.0494 e. The van der Waals surface area contributed by atoms with E-state index in [1.54, 1.807) is 0 Å². The Kier molecular flexibility index (Phi) is 4.20. The van der Waals surface area contributed by atoms with Crippen LogP contribution in [0.15, 0.2) is 0 Å². The number of hydrogen-bond donors (Lipinski definition) is 1. The molecule has 1 saturated heterocycles. The molecule has 0 bridgehead atoms. The molecule has 0 aromatic carbocycles. The molecule has 0 saturated carbocycles. The Balaban J connectivity index is 2.04. The molecule has 0 aromatic heterocycles.